The first-order valence-electron chi connectivity index (χ1n) is 9.33. The maximum atomic E-state index is 13.0. The second-order valence-electron chi connectivity index (χ2n) is 6.78. The zero-order valence-corrected chi connectivity index (χ0v) is 16.1. The third kappa shape index (κ3) is 5.45. The quantitative estimate of drug-likeness (QED) is 0.739. The van der Waals surface area contributed by atoms with E-state index in [9.17, 15) is 14.4 Å². The zero-order chi connectivity index (χ0) is 19.8. The molecule has 0 spiro atoms. The fourth-order valence-corrected chi connectivity index (χ4v) is 3.17. The third-order valence-electron chi connectivity index (χ3n) is 4.97. The number of methoxy groups -OCH3 is 1. The highest BCUT2D eigenvalue weighted by Crippen LogP contribution is 2.22. The van der Waals surface area contributed by atoms with Gasteiger partial charge in [-0.2, -0.15) is 0 Å². The SMILES string of the molecule is CC[C@H](C)[C@H](NC(=O)OCc1ccccc1)C(=O)N1CCC[C@H]1C(=O)OC. The van der Waals surface area contributed by atoms with Gasteiger partial charge in [0.05, 0.1) is 7.11 Å². The molecule has 2 amide bonds. The van der Waals surface area contributed by atoms with Gasteiger partial charge in [0.1, 0.15) is 18.7 Å². The predicted octanol–water partition coefficient (Wildman–Crippen LogP) is 2.49. The first-order valence-corrected chi connectivity index (χ1v) is 9.33. The summed E-state index contributed by atoms with van der Waals surface area (Å²) in [5, 5.41) is 2.69. The Labute approximate surface area is 160 Å². The minimum atomic E-state index is -0.747. The van der Waals surface area contributed by atoms with Gasteiger partial charge in [-0.25, -0.2) is 9.59 Å². The van der Waals surface area contributed by atoms with Crippen LogP contribution in [0, 0.1) is 5.92 Å². The fourth-order valence-electron chi connectivity index (χ4n) is 3.17. The van der Waals surface area contributed by atoms with E-state index in [1.807, 2.05) is 44.2 Å². The van der Waals surface area contributed by atoms with Crippen molar-refractivity contribution in [1.82, 2.24) is 10.2 Å². The molecule has 3 atom stereocenters. The molecule has 0 radical (unpaired) electrons. The van der Waals surface area contributed by atoms with Gasteiger partial charge in [0, 0.05) is 6.54 Å². The van der Waals surface area contributed by atoms with Crippen molar-refractivity contribution in [2.45, 2.75) is 51.8 Å². The van der Waals surface area contributed by atoms with Crippen LogP contribution in [0.25, 0.3) is 0 Å². The number of amides is 2. The lowest BCUT2D eigenvalue weighted by atomic mass is 9.97. The molecule has 1 heterocycles. The van der Waals surface area contributed by atoms with Crippen molar-refractivity contribution in [3.8, 4) is 0 Å². The number of nitrogens with one attached hydrogen (secondary N) is 1. The lowest BCUT2D eigenvalue weighted by molar-refractivity contribution is -0.152. The minimum absolute atomic E-state index is 0.0966. The Morgan fingerprint density at radius 1 is 1.26 bits per heavy atom. The van der Waals surface area contributed by atoms with Crippen LogP contribution in [0.1, 0.15) is 38.7 Å². The van der Waals surface area contributed by atoms with Crippen molar-refractivity contribution in [1.29, 1.82) is 0 Å². The normalized spacial score (nSPS) is 18.5. The first kappa shape index (κ1) is 20.7. The first-order chi connectivity index (χ1) is 13.0. The van der Waals surface area contributed by atoms with Crippen molar-refractivity contribution in [2.24, 2.45) is 5.92 Å². The van der Waals surface area contributed by atoms with Crippen molar-refractivity contribution in [2.75, 3.05) is 13.7 Å². The second kappa shape index (κ2) is 9.94. The van der Waals surface area contributed by atoms with Crippen LogP contribution in [0.2, 0.25) is 0 Å². The summed E-state index contributed by atoms with van der Waals surface area (Å²) in [6, 6.07) is 7.99. The molecule has 1 aromatic rings. The molecule has 148 valence electrons. The van der Waals surface area contributed by atoms with Crippen molar-refractivity contribution >= 4 is 18.0 Å². The molecule has 1 aromatic carbocycles. The number of esters is 1. The van der Waals surface area contributed by atoms with Crippen molar-refractivity contribution in [3.05, 3.63) is 35.9 Å². The molecule has 7 nitrogen and oxygen atoms in total. The molecule has 27 heavy (non-hydrogen) atoms. The van der Waals surface area contributed by atoms with Gasteiger partial charge in [0.15, 0.2) is 0 Å². The fraction of sp³-hybridized carbons (Fsp3) is 0.550. The molecule has 0 unspecified atom stereocenters. The van der Waals surface area contributed by atoms with E-state index in [0.717, 1.165) is 12.0 Å². The zero-order valence-electron chi connectivity index (χ0n) is 16.1. The topological polar surface area (TPSA) is 84.9 Å². The number of hydrogen-bond donors (Lipinski definition) is 1. The number of hydrogen-bond acceptors (Lipinski definition) is 5. The van der Waals surface area contributed by atoms with E-state index in [1.165, 1.54) is 12.0 Å². The van der Waals surface area contributed by atoms with E-state index in [2.05, 4.69) is 5.32 Å². The van der Waals surface area contributed by atoms with Gasteiger partial charge in [0.2, 0.25) is 5.91 Å². The third-order valence-corrected chi connectivity index (χ3v) is 4.97. The Kier molecular flexibility index (Phi) is 7.64. The van der Waals surface area contributed by atoms with Crippen LogP contribution in [0.4, 0.5) is 4.79 Å². The Morgan fingerprint density at radius 3 is 2.59 bits per heavy atom. The van der Waals surface area contributed by atoms with Gasteiger partial charge in [-0.1, -0.05) is 50.6 Å². The smallest absolute Gasteiger partial charge is 0.408 e. The molecule has 1 N–H and O–H groups in total. The Morgan fingerprint density at radius 2 is 1.96 bits per heavy atom. The number of likely N-dealkylation sites (tertiary alicyclic amines) is 1. The second-order valence-corrected chi connectivity index (χ2v) is 6.78. The maximum Gasteiger partial charge on any atom is 0.408 e. The van der Waals surface area contributed by atoms with Crippen molar-refractivity contribution in [3.63, 3.8) is 0 Å². The Balaban J connectivity index is 2.02. The van der Waals surface area contributed by atoms with E-state index in [1.54, 1.807) is 0 Å². The number of carbonyl (C=O) groups is 3. The molecular weight excluding hydrogens is 348 g/mol. The van der Waals surface area contributed by atoms with Gasteiger partial charge in [0.25, 0.3) is 0 Å². The molecule has 7 heteroatoms. The molecule has 1 aliphatic rings. The van der Waals surface area contributed by atoms with Crippen LogP contribution in [0.3, 0.4) is 0 Å². The van der Waals surface area contributed by atoms with E-state index < -0.39 is 24.1 Å². The average Bonchev–Trinajstić information content (AvgIpc) is 3.19. The summed E-state index contributed by atoms with van der Waals surface area (Å²) in [6.07, 6.45) is 1.36. The Hall–Kier alpha value is -2.57. The highest BCUT2D eigenvalue weighted by Gasteiger charge is 2.39. The Bertz CT molecular complexity index is 649. The van der Waals surface area contributed by atoms with Crippen LogP contribution in [-0.2, 0) is 25.7 Å². The van der Waals surface area contributed by atoms with Crippen LogP contribution in [0.5, 0.6) is 0 Å². The summed E-state index contributed by atoms with van der Waals surface area (Å²) in [6.45, 7) is 4.45. The lowest BCUT2D eigenvalue weighted by Crippen LogP contribution is -2.54. The summed E-state index contributed by atoms with van der Waals surface area (Å²) in [4.78, 5) is 38.7. The van der Waals surface area contributed by atoms with Crippen molar-refractivity contribution < 1.29 is 23.9 Å². The maximum absolute atomic E-state index is 13.0. The molecule has 0 aromatic heterocycles. The largest absolute Gasteiger partial charge is 0.467 e. The number of carbonyl (C=O) groups excluding carboxylic acids is 3. The molecule has 0 bridgehead atoms. The van der Waals surface area contributed by atoms with Gasteiger partial charge in [-0.15, -0.1) is 0 Å². The number of ether oxygens (including phenoxy) is 2. The molecule has 1 fully saturated rings. The molecule has 1 aliphatic heterocycles. The monoisotopic (exact) mass is 376 g/mol. The lowest BCUT2D eigenvalue weighted by Gasteiger charge is -2.30. The van der Waals surface area contributed by atoms with E-state index >= 15 is 0 Å². The molecule has 1 saturated heterocycles. The van der Waals surface area contributed by atoms with Crippen LogP contribution >= 0.6 is 0 Å². The van der Waals surface area contributed by atoms with E-state index in [-0.39, 0.29) is 18.4 Å². The van der Waals surface area contributed by atoms with Gasteiger partial charge < -0.3 is 19.7 Å². The van der Waals surface area contributed by atoms with E-state index in [0.29, 0.717) is 19.4 Å². The summed E-state index contributed by atoms with van der Waals surface area (Å²) in [7, 11) is 1.31. The predicted molar refractivity (Wildman–Crippen MR) is 99.8 cm³/mol. The molecule has 0 saturated carbocycles. The molecule has 2 rings (SSSR count). The van der Waals surface area contributed by atoms with Crippen LogP contribution in [-0.4, -0.2) is 48.6 Å². The molecular formula is C20H28N2O5. The number of alkyl carbamates (subject to hydrolysis) is 1. The summed E-state index contributed by atoms with van der Waals surface area (Å²) in [5.41, 5.74) is 0.865. The van der Waals surface area contributed by atoms with Crippen LogP contribution < -0.4 is 5.32 Å². The van der Waals surface area contributed by atoms with Gasteiger partial charge in [-0.3, -0.25) is 4.79 Å². The minimum Gasteiger partial charge on any atom is -0.467 e. The number of nitrogens with zero attached hydrogens (tertiary/aromatic N) is 1. The average molecular weight is 376 g/mol. The van der Waals surface area contributed by atoms with Gasteiger partial charge in [-0.05, 0) is 24.3 Å². The summed E-state index contributed by atoms with van der Waals surface area (Å²) < 4.78 is 10.1. The standard InChI is InChI=1S/C20H28N2O5/c1-4-14(2)17(18(23)22-12-8-11-16(22)19(24)26-3)21-20(25)27-13-15-9-6-5-7-10-15/h5-7,9-10,14,16-17H,4,8,11-13H2,1-3H3,(H,21,25)/t14-,16-,17-/m0/s1. The molecule has 0 aliphatic carbocycles. The highest BCUT2D eigenvalue weighted by molar-refractivity contribution is 5.90. The number of benzene rings is 1. The van der Waals surface area contributed by atoms with E-state index in [4.69, 9.17) is 9.47 Å². The highest BCUT2D eigenvalue weighted by atomic mass is 16.5. The summed E-state index contributed by atoms with van der Waals surface area (Å²) in [5.74, 6) is -0.787. The number of rotatable bonds is 7. The van der Waals surface area contributed by atoms with Crippen LogP contribution in [0.15, 0.2) is 30.3 Å². The van der Waals surface area contributed by atoms with Gasteiger partial charge >= 0.3 is 12.1 Å². The summed E-state index contributed by atoms with van der Waals surface area (Å²) >= 11 is 0.